The highest BCUT2D eigenvalue weighted by Gasteiger charge is 2.22. The van der Waals surface area contributed by atoms with Gasteiger partial charge in [0.05, 0.1) is 23.3 Å². The molecule has 10 heteroatoms. The molecule has 0 atom stereocenters. The molecule has 22 heavy (non-hydrogen) atoms. The third-order valence-corrected chi connectivity index (χ3v) is 4.36. The minimum Gasteiger partial charge on any atom is -0.476 e. The van der Waals surface area contributed by atoms with Gasteiger partial charge < -0.3 is 5.11 Å². The lowest BCUT2D eigenvalue weighted by Crippen LogP contribution is -2.25. The van der Waals surface area contributed by atoms with Gasteiger partial charge in [0, 0.05) is 14.1 Å². The molecule has 0 aliphatic carbocycles. The van der Waals surface area contributed by atoms with Crippen LogP contribution >= 0.6 is 0 Å². The van der Waals surface area contributed by atoms with Crippen molar-refractivity contribution in [3.63, 3.8) is 0 Å². The fourth-order valence-electron chi connectivity index (χ4n) is 1.97. The van der Waals surface area contributed by atoms with Crippen LogP contribution in [0.4, 0.5) is 5.69 Å². The van der Waals surface area contributed by atoms with Crippen molar-refractivity contribution in [1.82, 2.24) is 20.0 Å². The Balaban J connectivity index is 2.54. The smallest absolute Gasteiger partial charge is 0.356 e. The van der Waals surface area contributed by atoms with Gasteiger partial charge in [-0.15, -0.1) is 5.10 Å². The number of aromatic nitrogens is 4. The molecule has 9 nitrogen and oxygen atoms in total. The van der Waals surface area contributed by atoms with E-state index in [1.54, 1.807) is 13.0 Å². The molecule has 2 aromatic heterocycles. The second-order valence-electron chi connectivity index (χ2n) is 4.75. The average molecular weight is 325 g/mol. The third kappa shape index (κ3) is 2.77. The van der Waals surface area contributed by atoms with Gasteiger partial charge in [-0.25, -0.2) is 22.9 Å². The highest BCUT2D eigenvalue weighted by Crippen LogP contribution is 2.25. The van der Waals surface area contributed by atoms with Gasteiger partial charge in [0.1, 0.15) is 5.69 Å². The first-order valence-corrected chi connectivity index (χ1v) is 8.02. The standard InChI is InChI=1S/C12H15N5O4S/c1-7-9(17(3)22(4,20)21)6-5-8(13-7)10-11(12(18)19)16(2)15-14-10/h5-6H,1-4H3,(H,18,19). The first-order chi connectivity index (χ1) is 10.1. The number of hydrogen-bond donors (Lipinski definition) is 1. The maximum absolute atomic E-state index is 11.6. The molecule has 0 unspecified atom stereocenters. The molecule has 0 saturated carbocycles. The molecule has 0 bridgehead atoms. The quantitative estimate of drug-likeness (QED) is 0.857. The summed E-state index contributed by atoms with van der Waals surface area (Å²) >= 11 is 0. The Morgan fingerprint density at radius 2 is 2.00 bits per heavy atom. The van der Waals surface area contributed by atoms with Crippen LogP contribution in [0, 0.1) is 6.92 Å². The minimum absolute atomic E-state index is 0.0869. The molecule has 2 rings (SSSR count). The molecule has 0 spiro atoms. The molecular formula is C12H15N5O4S. The Kier molecular flexibility index (Phi) is 3.88. The monoisotopic (exact) mass is 325 g/mol. The summed E-state index contributed by atoms with van der Waals surface area (Å²) in [4.78, 5) is 15.5. The number of pyridine rings is 1. The molecule has 1 N–H and O–H groups in total. The Hall–Kier alpha value is -2.49. The van der Waals surface area contributed by atoms with Crippen molar-refractivity contribution in [2.45, 2.75) is 6.92 Å². The van der Waals surface area contributed by atoms with Crippen molar-refractivity contribution >= 4 is 21.7 Å². The van der Waals surface area contributed by atoms with E-state index in [0.29, 0.717) is 17.1 Å². The van der Waals surface area contributed by atoms with E-state index in [4.69, 9.17) is 0 Å². The van der Waals surface area contributed by atoms with E-state index in [-0.39, 0.29) is 11.4 Å². The van der Waals surface area contributed by atoms with E-state index in [1.165, 1.54) is 20.2 Å². The molecular weight excluding hydrogens is 310 g/mol. The molecule has 0 saturated heterocycles. The number of rotatable bonds is 4. The second kappa shape index (κ2) is 5.37. The van der Waals surface area contributed by atoms with E-state index in [0.717, 1.165) is 15.2 Å². The lowest BCUT2D eigenvalue weighted by atomic mass is 10.2. The maximum atomic E-state index is 11.6. The van der Waals surface area contributed by atoms with Gasteiger partial charge >= 0.3 is 5.97 Å². The van der Waals surface area contributed by atoms with Crippen LogP contribution < -0.4 is 4.31 Å². The van der Waals surface area contributed by atoms with Crippen molar-refractivity contribution < 1.29 is 18.3 Å². The highest BCUT2D eigenvalue weighted by atomic mass is 32.2. The molecule has 0 aliphatic rings. The Morgan fingerprint density at radius 3 is 2.50 bits per heavy atom. The molecule has 0 fully saturated rings. The number of carboxylic acid groups (broad SMARTS) is 1. The lowest BCUT2D eigenvalue weighted by molar-refractivity contribution is 0.0686. The van der Waals surface area contributed by atoms with Crippen molar-refractivity contribution in [2.75, 3.05) is 17.6 Å². The van der Waals surface area contributed by atoms with Gasteiger partial charge in [-0.2, -0.15) is 0 Å². The fourth-order valence-corrected chi connectivity index (χ4v) is 2.52. The van der Waals surface area contributed by atoms with Gasteiger partial charge in [0.25, 0.3) is 0 Å². The van der Waals surface area contributed by atoms with E-state index in [9.17, 15) is 18.3 Å². The van der Waals surface area contributed by atoms with Crippen LogP contribution in [0.3, 0.4) is 0 Å². The largest absolute Gasteiger partial charge is 0.476 e. The van der Waals surface area contributed by atoms with Crippen LogP contribution in [-0.2, 0) is 17.1 Å². The van der Waals surface area contributed by atoms with Crippen LogP contribution in [0.25, 0.3) is 11.4 Å². The molecule has 0 aromatic carbocycles. The summed E-state index contributed by atoms with van der Waals surface area (Å²) in [6.45, 7) is 1.64. The summed E-state index contributed by atoms with van der Waals surface area (Å²) in [6, 6.07) is 3.07. The van der Waals surface area contributed by atoms with Crippen molar-refractivity contribution in [1.29, 1.82) is 0 Å². The van der Waals surface area contributed by atoms with E-state index in [2.05, 4.69) is 15.3 Å². The van der Waals surface area contributed by atoms with Crippen molar-refractivity contribution in [3.8, 4) is 11.4 Å². The summed E-state index contributed by atoms with van der Waals surface area (Å²) in [5.41, 5.74) is 1.20. The third-order valence-electron chi connectivity index (χ3n) is 3.17. The van der Waals surface area contributed by atoms with Crippen LogP contribution in [0.5, 0.6) is 0 Å². The number of carboxylic acids is 1. The number of aromatic carboxylic acids is 1. The topological polar surface area (TPSA) is 118 Å². The van der Waals surface area contributed by atoms with Crippen LogP contribution in [0.2, 0.25) is 0 Å². The zero-order valence-electron chi connectivity index (χ0n) is 12.5. The zero-order chi connectivity index (χ0) is 16.7. The summed E-state index contributed by atoms with van der Waals surface area (Å²) in [7, 11) is -0.515. The summed E-state index contributed by atoms with van der Waals surface area (Å²) in [5, 5.41) is 16.7. The SMILES string of the molecule is Cc1nc(-c2nnn(C)c2C(=O)O)ccc1N(C)S(C)(=O)=O. The van der Waals surface area contributed by atoms with Gasteiger partial charge in [-0.1, -0.05) is 5.21 Å². The van der Waals surface area contributed by atoms with E-state index < -0.39 is 16.0 Å². The van der Waals surface area contributed by atoms with Gasteiger partial charge in [0.2, 0.25) is 10.0 Å². The van der Waals surface area contributed by atoms with E-state index in [1.807, 2.05) is 0 Å². The number of carbonyl (C=O) groups is 1. The van der Waals surface area contributed by atoms with Crippen LogP contribution in [0.1, 0.15) is 16.2 Å². The predicted molar refractivity (Wildman–Crippen MR) is 79.2 cm³/mol. The second-order valence-corrected chi connectivity index (χ2v) is 6.76. The number of sulfonamides is 1. The first kappa shape index (κ1) is 15.9. The van der Waals surface area contributed by atoms with E-state index >= 15 is 0 Å². The molecule has 0 amide bonds. The van der Waals surface area contributed by atoms with Crippen LogP contribution in [-0.4, -0.2) is 52.8 Å². The Morgan fingerprint density at radius 1 is 1.36 bits per heavy atom. The maximum Gasteiger partial charge on any atom is 0.356 e. The summed E-state index contributed by atoms with van der Waals surface area (Å²) in [5.74, 6) is -1.17. The number of anilines is 1. The van der Waals surface area contributed by atoms with Gasteiger partial charge in [0.15, 0.2) is 5.69 Å². The Labute approximate surface area is 127 Å². The van der Waals surface area contributed by atoms with Gasteiger partial charge in [-0.05, 0) is 19.1 Å². The number of nitrogens with zero attached hydrogens (tertiary/aromatic N) is 5. The number of hydrogen-bond acceptors (Lipinski definition) is 6. The summed E-state index contributed by atoms with van der Waals surface area (Å²) < 4.78 is 25.4. The van der Waals surface area contributed by atoms with Gasteiger partial charge in [-0.3, -0.25) is 4.31 Å². The minimum atomic E-state index is -3.41. The van der Waals surface area contributed by atoms with Crippen molar-refractivity contribution in [3.05, 3.63) is 23.5 Å². The predicted octanol–water partition coefficient (Wildman–Crippen LogP) is 0.280. The fraction of sp³-hybridized carbons (Fsp3) is 0.333. The van der Waals surface area contributed by atoms with Crippen LogP contribution in [0.15, 0.2) is 12.1 Å². The lowest BCUT2D eigenvalue weighted by Gasteiger charge is -2.18. The first-order valence-electron chi connectivity index (χ1n) is 6.18. The van der Waals surface area contributed by atoms with Crippen molar-refractivity contribution in [2.24, 2.45) is 7.05 Å². The zero-order valence-corrected chi connectivity index (χ0v) is 13.3. The Bertz CT molecular complexity index is 843. The molecule has 118 valence electrons. The highest BCUT2D eigenvalue weighted by molar-refractivity contribution is 7.92. The normalized spacial score (nSPS) is 11.5. The molecule has 0 aliphatic heterocycles. The molecule has 2 aromatic rings. The summed E-state index contributed by atoms with van der Waals surface area (Å²) in [6.07, 6.45) is 1.09. The molecule has 2 heterocycles. The number of aryl methyl sites for hydroxylation is 2. The average Bonchev–Trinajstić information content (AvgIpc) is 2.78. The molecule has 0 radical (unpaired) electrons.